The summed E-state index contributed by atoms with van der Waals surface area (Å²) in [6, 6.07) is 15.8. The minimum absolute atomic E-state index is 0.0941. The van der Waals surface area contributed by atoms with Crippen LogP contribution in [0.5, 0.6) is 0 Å². The summed E-state index contributed by atoms with van der Waals surface area (Å²) in [5, 5.41) is 0. The second kappa shape index (κ2) is 14.3. The Balaban J connectivity index is 1.61. The average Bonchev–Trinajstić information content (AvgIpc) is 3.61. The Hall–Kier alpha value is -3.92. The van der Waals surface area contributed by atoms with Gasteiger partial charge in [0, 0.05) is 64.6 Å². The number of carbonyl (C=O) groups excluding carboxylic acids is 1. The Morgan fingerprint density at radius 1 is 0.833 bits per heavy atom. The van der Waals surface area contributed by atoms with Gasteiger partial charge in [0.15, 0.2) is 17.4 Å². The van der Waals surface area contributed by atoms with Gasteiger partial charge in [0.25, 0.3) is 0 Å². The minimum Gasteiger partial charge on any atom is -0.361 e. The molecule has 48 heavy (non-hydrogen) atoms. The second-order valence-electron chi connectivity index (χ2n) is 14.3. The van der Waals surface area contributed by atoms with E-state index in [1.165, 1.54) is 18.2 Å². The molecule has 0 bridgehead atoms. The van der Waals surface area contributed by atoms with Gasteiger partial charge in [0.05, 0.1) is 22.3 Å². The highest BCUT2D eigenvalue weighted by atomic mass is 28.3. The van der Waals surface area contributed by atoms with Crippen LogP contribution in [0.1, 0.15) is 21.5 Å². The van der Waals surface area contributed by atoms with E-state index in [1.807, 2.05) is 22.8 Å². The van der Waals surface area contributed by atoms with Crippen molar-refractivity contribution in [3.63, 3.8) is 0 Å². The number of imidazole rings is 1. The van der Waals surface area contributed by atoms with E-state index in [2.05, 4.69) is 49.3 Å². The molecule has 5 aromatic rings. The quantitative estimate of drug-likeness (QED) is 0.0657. The standard InChI is InChI=1S/C35H42F3N5O3Si2/c1-47(2,3)18-16-45-23-42-22-26(32(44)27-10-7-8-11-28(27)35(36,37)38)21-31(42)34-41-29-13-12-25(33-39-14-9-15-40-33)20-30(29)43(34)24-46-17-19-48(4,5)6/h7-15,20-22H,16-19,23-24H2,1-6H3. The highest BCUT2D eigenvalue weighted by Gasteiger charge is 2.35. The number of carbonyl (C=O) groups is 1. The molecule has 3 heterocycles. The lowest BCUT2D eigenvalue weighted by atomic mass is 9.99. The lowest BCUT2D eigenvalue weighted by Gasteiger charge is -2.17. The van der Waals surface area contributed by atoms with Crippen molar-refractivity contribution >= 4 is 33.0 Å². The Labute approximate surface area is 281 Å². The van der Waals surface area contributed by atoms with E-state index in [9.17, 15) is 18.0 Å². The zero-order chi connectivity index (χ0) is 34.7. The number of ether oxygens (including phenoxy) is 2. The van der Waals surface area contributed by atoms with Crippen molar-refractivity contribution in [1.29, 1.82) is 0 Å². The predicted octanol–water partition coefficient (Wildman–Crippen LogP) is 8.84. The lowest BCUT2D eigenvalue weighted by Crippen LogP contribution is -2.22. The van der Waals surface area contributed by atoms with Crippen molar-refractivity contribution in [1.82, 2.24) is 24.1 Å². The van der Waals surface area contributed by atoms with E-state index in [-0.39, 0.29) is 19.0 Å². The predicted molar refractivity (Wildman–Crippen MR) is 187 cm³/mol. The van der Waals surface area contributed by atoms with Gasteiger partial charge in [-0.15, -0.1) is 0 Å². The summed E-state index contributed by atoms with van der Waals surface area (Å²) in [5.74, 6) is 0.326. The normalized spacial score (nSPS) is 12.6. The summed E-state index contributed by atoms with van der Waals surface area (Å²) in [6.45, 7) is 15.0. The molecule has 0 saturated carbocycles. The van der Waals surface area contributed by atoms with Gasteiger partial charge in [-0.3, -0.25) is 9.36 Å². The van der Waals surface area contributed by atoms with Crippen LogP contribution >= 0.6 is 0 Å². The third-order valence-electron chi connectivity index (χ3n) is 7.88. The number of hydrogen-bond acceptors (Lipinski definition) is 6. The molecule has 3 aromatic heterocycles. The van der Waals surface area contributed by atoms with E-state index in [1.54, 1.807) is 35.3 Å². The Kier molecular flexibility index (Phi) is 10.5. The van der Waals surface area contributed by atoms with Crippen LogP contribution in [0.25, 0.3) is 33.9 Å². The Morgan fingerprint density at radius 2 is 1.48 bits per heavy atom. The highest BCUT2D eigenvalue weighted by Crippen LogP contribution is 2.35. The third kappa shape index (κ3) is 8.75. The smallest absolute Gasteiger partial charge is 0.361 e. The molecule has 0 saturated heterocycles. The molecule has 5 rings (SSSR count). The molecule has 0 aliphatic carbocycles. The first kappa shape index (κ1) is 35.4. The summed E-state index contributed by atoms with van der Waals surface area (Å²) in [4.78, 5) is 27.5. The van der Waals surface area contributed by atoms with Crippen LogP contribution in [0, 0.1) is 0 Å². The van der Waals surface area contributed by atoms with Gasteiger partial charge in [0.1, 0.15) is 13.5 Å². The monoisotopic (exact) mass is 693 g/mol. The fourth-order valence-electron chi connectivity index (χ4n) is 5.12. The van der Waals surface area contributed by atoms with Gasteiger partial charge in [0.2, 0.25) is 0 Å². The molecule has 0 spiro atoms. The number of benzene rings is 2. The van der Waals surface area contributed by atoms with Crippen LogP contribution in [-0.4, -0.2) is 59.2 Å². The van der Waals surface area contributed by atoms with E-state index >= 15 is 0 Å². The van der Waals surface area contributed by atoms with Crippen molar-refractivity contribution in [3.8, 4) is 22.9 Å². The second-order valence-corrected chi connectivity index (χ2v) is 25.5. The molecule has 2 aromatic carbocycles. The number of halogens is 3. The molecule has 8 nitrogen and oxygen atoms in total. The first-order chi connectivity index (χ1) is 22.6. The van der Waals surface area contributed by atoms with Crippen LogP contribution in [-0.2, 0) is 29.1 Å². The molecule has 0 atom stereocenters. The van der Waals surface area contributed by atoms with Crippen LogP contribution in [0.3, 0.4) is 0 Å². The number of hydrogen-bond donors (Lipinski definition) is 0. The van der Waals surface area contributed by atoms with Gasteiger partial charge in [-0.05, 0) is 48.5 Å². The topological polar surface area (TPSA) is 84.1 Å². The maximum Gasteiger partial charge on any atom is 0.417 e. The highest BCUT2D eigenvalue weighted by molar-refractivity contribution is 6.76. The maximum atomic E-state index is 13.9. The van der Waals surface area contributed by atoms with Crippen molar-refractivity contribution < 1.29 is 27.4 Å². The number of aromatic nitrogens is 5. The summed E-state index contributed by atoms with van der Waals surface area (Å²) in [6.07, 6.45) is 0.232. The van der Waals surface area contributed by atoms with Gasteiger partial charge in [-0.25, -0.2) is 15.0 Å². The van der Waals surface area contributed by atoms with Gasteiger partial charge in [-0.1, -0.05) is 57.5 Å². The van der Waals surface area contributed by atoms with Gasteiger partial charge in [-0.2, -0.15) is 13.2 Å². The molecule has 0 fully saturated rings. The maximum absolute atomic E-state index is 13.9. The molecule has 0 unspecified atom stereocenters. The van der Waals surface area contributed by atoms with Crippen LogP contribution in [0.15, 0.2) is 73.2 Å². The summed E-state index contributed by atoms with van der Waals surface area (Å²) in [5.41, 5.74) is 1.48. The zero-order valence-electron chi connectivity index (χ0n) is 28.3. The van der Waals surface area contributed by atoms with Crippen molar-refractivity contribution in [2.45, 2.75) is 71.0 Å². The van der Waals surface area contributed by atoms with E-state index in [4.69, 9.17) is 14.5 Å². The average molecular weight is 694 g/mol. The molecular weight excluding hydrogens is 652 g/mol. The Bertz CT molecular complexity index is 1880. The molecule has 0 radical (unpaired) electrons. The summed E-state index contributed by atoms with van der Waals surface area (Å²) in [7, 11) is -2.75. The molecule has 0 amide bonds. The van der Waals surface area contributed by atoms with Crippen LogP contribution in [0.2, 0.25) is 51.4 Å². The molecule has 0 N–H and O–H groups in total. The van der Waals surface area contributed by atoms with E-state index < -0.39 is 39.2 Å². The Morgan fingerprint density at radius 3 is 2.12 bits per heavy atom. The molecule has 254 valence electrons. The van der Waals surface area contributed by atoms with Gasteiger partial charge >= 0.3 is 6.18 Å². The van der Waals surface area contributed by atoms with E-state index in [0.717, 1.165) is 29.2 Å². The van der Waals surface area contributed by atoms with Crippen molar-refractivity contribution in [2.75, 3.05) is 13.2 Å². The molecule has 0 aliphatic rings. The van der Waals surface area contributed by atoms with Crippen LogP contribution in [0.4, 0.5) is 13.2 Å². The third-order valence-corrected chi connectivity index (χ3v) is 11.3. The fraction of sp³-hybridized carbons (Fsp3) is 0.371. The van der Waals surface area contributed by atoms with Crippen LogP contribution < -0.4 is 0 Å². The van der Waals surface area contributed by atoms with E-state index in [0.29, 0.717) is 36.1 Å². The number of alkyl halides is 3. The van der Waals surface area contributed by atoms with Crippen molar-refractivity contribution in [3.05, 3.63) is 89.9 Å². The largest absolute Gasteiger partial charge is 0.417 e. The number of rotatable bonds is 14. The van der Waals surface area contributed by atoms with Gasteiger partial charge < -0.3 is 14.0 Å². The minimum atomic E-state index is -4.68. The first-order valence-corrected chi connectivity index (χ1v) is 23.4. The number of fused-ring (bicyclic) bond motifs is 1. The summed E-state index contributed by atoms with van der Waals surface area (Å²) >= 11 is 0. The SMILES string of the molecule is C[Si](C)(C)CCOCn1cc(C(=O)c2ccccc2C(F)(F)F)cc1-c1nc2ccc(-c3ncccn3)cc2n1COCC[Si](C)(C)C. The number of nitrogens with zero attached hydrogens (tertiary/aromatic N) is 5. The first-order valence-electron chi connectivity index (χ1n) is 16.0. The summed E-state index contributed by atoms with van der Waals surface area (Å²) < 4.78 is 57.7. The van der Waals surface area contributed by atoms with Crippen molar-refractivity contribution in [2.24, 2.45) is 0 Å². The molecule has 0 aliphatic heterocycles. The molecular formula is C35H42F3N5O3Si2. The molecule has 13 heteroatoms. The number of ketones is 1. The lowest BCUT2D eigenvalue weighted by molar-refractivity contribution is -0.137. The zero-order valence-corrected chi connectivity index (χ0v) is 30.3. The fourth-order valence-corrected chi connectivity index (χ4v) is 6.64.